The monoisotopic (exact) mass is 239 g/mol. The molecule has 1 aliphatic heterocycles. The Hall–Kier alpha value is -0.120. The minimum atomic E-state index is 0.705. The molecule has 0 radical (unpaired) electrons. The first-order valence-corrected chi connectivity index (χ1v) is 7.46. The number of likely N-dealkylation sites (tertiary alicyclic amines) is 1. The maximum atomic E-state index is 3.65. The minimum Gasteiger partial charge on any atom is -0.312 e. The summed E-state index contributed by atoms with van der Waals surface area (Å²) in [5.41, 5.74) is 0. The van der Waals surface area contributed by atoms with Crippen molar-refractivity contribution >= 4 is 0 Å². The smallest absolute Gasteiger partial charge is 0.0235 e. The normalized spacial score (nSPS) is 27.9. The summed E-state index contributed by atoms with van der Waals surface area (Å²) < 4.78 is 0. The number of hydrogen-bond acceptors (Lipinski definition) is 3. The summed E-state index contributed by atoms with van der Waals surface area (Å²) in [6, 6.07) is 2.35. The first-order valence-electron chi connectivity index (χ1n) is 7.46. The Morgan fingerprint density at radius 3 is 2.53 bits per heavy atom. The van der Waals surface area contributed by atoms with Crippen molar-refractivity contribution < 1.29 is 0 Å². The van der Waals surface area contributed by atoms with E-state index in [0.717, 1.165) is 12.1 Å². The Morgan fingerprint density at radius 1 is 1.24 bits per heavy atom. The molecule has 0 bridgehead atoms. The number of nitrogens with zero attached hydrogens (tertiary/aromatic N) is 2. The molecule has 1 heterocycles. The van der Waals surface area contributed by atoms with Crippen molar-refractivity contribution in [3.63, 3.8) is 0 Å². The van der Waals surface area contributed by atoms with Gasteiger partial charge in [0.15, 0.2) is 0 Å². The van der Waals surface area contributed by atoms with Gasteiger partial charge >= 0.3 is 0 Å². The fraction of sp³-hybridized carbons (Fsp3) is 1.00. The lowest BCUT2D eigenvalue weighted by molar-refractivity contribution is 0.191. The molecule has 2 rings (SSSR count). The molecule has 0 amide bonds. The highest BCUT2D eigenvalue weighted by molar-refractivity contribution is 4.88. The Morgan fingerprint density at radius 2 is 1.94 bits per heavy atom. The lowest BCUT2D eigenvalue weighted by Gasteiger charge is -2.28. The lowest BCUT2D eigenvalue weighted by atomic mass is 10.2. The van der Waals surface area contributed by atoms with E-state index in [2.05, 4.69) is 35.9 Å². The zero-order chi connectivity index (χ0) is 12.3. The van der Waals surface area contributed by atoms with Gasteiger partial charge in [-0.2, -0.15) is 0 Å². The summed E-state index contributed by atoms with van der Waals surface area (Å²) >= 11 is 0. The van der Waals surface area contributed by atoms with Gasteiger partial charge in [-0.15, -0.1) is 0 Å². The van der Waals surface area contributed by atoms with Crippen LogP contribution < -0.4 is 5.32 Å². The average molecular weight is 239 g/mol. The third kappa shape index (κ3) is 3.67. The maximum Gasteiger partial charge on any atom is 0.0235 e. The van der Waals surface area contributed by atoms with Crippen LogP contribution in [-0.4, -0.2) is 60.6 Å². The second kappa shape index (κ2) is 6.17. The molecule has 1 saturated heterocycles. The zero-order valence-electron chi connectivity index (χ0n) is 11.8. The second-order valence-corrected chi connectivity index (χ2v) is 5.69. The number of hydrogen-bond donors (Lipinski definition) is 1. The Bertz CT molecular complexity index is 224. The van der Waals surface area contributed by atoms with Crippen LogP contribution >= 0.6 is 0 Å². The van der Waals surface area contributed by atoms with Crippen molar-refractivity contribution in [3.05, 3.63) is 0 Å². The molecule has 1 aliphatic carbocycles. The molecule has 100 valence electrons. The van der Waals surface area contributed by atoms with E-state index in [4.69, 9.17) is 0 Å². The van der Waals surface area contributed by atoms with Crippen LogP contribution in [0.4, 0.5) is 0 Å². The van der Waals surface area contributed by atoms with Crippen molar-refractivity contribution in [1.82, 2.24) is 15.1 Å². The summed E-state index contributed by atoms with van der Waals surface area (Å²) in [5.74, 6) is 0. The summed E-state index contributed by atoms with van der Waals surface area (Å²) in [6.45, 7) is 13.1. The molecule has 2 unspecified atom stereocenters. The Labute approximate surface area is 107 Å². The molecule has 3 heteroatoms. The molecule has 1 N–H and O–H groups in total. The van der Waals surface area contributed by atoms with Gasteiger partial charge in [-0.25, -0.2) is 0 Å². The van der Waals surface area contributed by atoms with E-state index in [1.807, 2.05) is 0 Å². The fourth-order valence-corrected chi connectivity index (χ4v) is 2.96. The van der Waals surface area contributed by atoms with Gasteiger partial charge in [0.2, 0.25) is 0 Å². The van der Waals surface area contributed by atoms with Crippen LogP contribution in [0.25, 0.3) is 0 Å². The van der Waals surface area contributed by atoms with Gasteiger partial charge in [-0.3, -0.25) is 9.80 Å². The van der Waals surface area contributed by atoms with Crippen LogP contribution in [0.1, 0.15) is 40.0 Å². The highest BCUT2D eigenvalue weighted by Crippen LogP contribution is 2.20. The summed E-state index contributed by atoms with van der Waals surface area (Å²) in [4.78, 5) is 5.28. The van der Waals surface area contributed by atoms with Crippen molar-refractivity contribution in [2.75, 3.05) is 32.7 Å². The van der Waals surface area contributed by atoms with Gasteiger partial charge in [0.25, 0.3) is 0 Å². The zero-order valence-corrected chi connectivity index (χ0v) is 11.8. The maximum absolute atomic E-state index is 3.65. The van der Waals surface area contributed by atoms with Gasteiger partial charge in [0, 0.05) is 37.8 Å². The molecule has 1 saturated carbocycles. The van der Waals surface area contributed by atoms with Gasteiger partial charge in [0.05, 0.1) is 0 Å². The molecule has 0 aromatic heterocycles. The van der Waals surface area contributed by atoms with E-state index >= 15 is 0 Å². The van der Waals surface area contributed by atoms with Crippen LogP contribution in [-0.2, 0) is 0 Å². The van der Waals surface area contributed by atoms with Gasteiger partial charge in [-0.1, -0.05) is 13.8 Å². The van der Waals surface area contributed by atoms with Crippen molar-refractivity contribution in [2.45, 2.75) is 58.2 Å². The predicted octanol–water partition coefficient (Wildman–Crippen LogP) is 1.54. The standard InChI is InChI=1S/C14H29N3/c1-4-16(5-2)14-8-9-17(11-14)12(3)10-15-13-6-7-13/h12-15H,4-11H2,1-3H3. The average Bonchev–Trinajstić information content (AvgIpc) is 3.05. The molecular weight excluding hydrogens is 210 g/mol. The first-order chi connectivity index (χ1) is 8.24. The molecule has 2 fully saturated rings. The highest BCUT2D eigenvalue weighted by Gasteiger charge is 2.29. The lowest BCUT2D eigenvalue weighted by Crippen LogP contribution is -2.42. The van der Waals surface area contributed by atoms with Crippen molar-refractivity contribution in [3.8, 4) is 0 Å². The van der Waals surface area contributed by atoms with Gasteiger partial charge < -0.3 is 5.32 Å². The van der Waals surface area contributed by atoms with E-state index < -0.39 is 0 Å². The molecule has 17 heavy (non-hydrogen) atoms. The van der Waals surface area contributed by atoms with Gasteiger partial charge in [-0.05, 0) is 39.3 Å². The fourth-order valence-electron chi connectivity index (χ4n) is 2.96. The van der Waals surface area contributed by atoms with E-state index in [-0.39, 0.29) is 0 Å². The van der Waals surface area contributed by atoms with Crippen LogP contribution in [0.5, 0.6) is 0 Å². The topological polar surface area (TPSA) is 18.5 Å². The molecule has 3 nitrogen and oxygen atoms in total. The number of rotatable bonds is 7. The summed E-state index contributed by atoms with van der Waals surface area (Å²) in [7, 11) is 0. The second-order valence-electron chi connectivity index (χ2n) is 5.69. The van der Waals surface area contributed by atoms with E-state index in [0.29, 0.717) is 6.04 Å². The number of likely N-dealkylation sites (N-methyl/N-ethyl adjacent to an activating group) is 1. The van der Waals surface area contributed by atoms with E-state index in [9.17, 15) is 0 Å². The van der Waals surface area contributed by atoms with Crippen LogP contribution in [0.15, 0.2) is 0 Å². The molecule has 2 aliphatic rings. The van der Waals surface area contributed by atoms with Gasteiger partial charge in [0.1, 0.15) is 0 Å². The SMILES string of the molecule is CCN(CC)C1CCN(C(C)CNC2CC2)C1. The first kappa shape index (κ1) is 13.3. The Balaban J connectivity index is 1.71. The van der Waals surface area contributed by atoms with Crippen molar-refractivity contribution in [1.29, 1.82) is 0 Å². The number of nitrogens with one attached hydrogen (secondary N) is 1. The largest absolute Gasteiger partial charge is 0.312 e. The molecule has 0 aromatic rings. The van der Waals surface area contributed by atoms with Crippen LogP contribution in [0, 0.1) is 0 Å². The molecule has 0 spiro atoms. The Kier molecular flexibility index (Phi) is 4.83. The van der Waals surface area contributed by atoms with Crippen LogP contribution in [0.2, 0.25) is 0 Å². The van der Waals surface area contributed by atoms with Crippen molar-refractivity contribution in [2.24, 2.45) is 0 Å². The third-order valence-electron chi connectivity index (χ3n) is 4.43. The van der Waals surface area contributed by atoms with E-state index in [1.54, 1.807) is 0 Å². The summed E-state index contributed by atoms with van der Waals surface area (Å²) in [6.07, 6.45) is 4.15. The quantitative estimate of drug-likeness (QED) is 0.727. The minimum absolute atomic E-state index is 0.705. The third-order valence-corrected chi connectivity index (χ3v) is 4.43. The van der Waals surface area contributed by atoms with E-state index in [1.165, 1.54) is 52.0 Å². The molecular formula is C14H29N3. The van der Waals surface area contributed by atoms with Crippen LogP contribution in [0.3, 0.4) is 0 Å². The molecule has 0 aromatic carbocycles. The molecule has 2 atom stereocenters. The predicted molar refractivity (Wildman–Crippen MR) is 73.4 cm³/mol. The highest BCUT2D eigenvalue weighted by atomic mass is 15.3. The summed E-state index contributed by atoms with van der Waals surface area (Å²) in [5, 5.41) is 3.65.